The molecule has 2 aromatic heterocycles. The van der Waals surface area contributed by atoms with Crippen LogP contribution >= 0.6 is 0 Å². The first-order valence-electron chi connectivity index (χ1n) is 8.13. The third-order valence-electron chi connectivity index (χ3n) is 3.83. The molecule has 27 heavy (non-hydrogen) atoms. The number of anilines is 1. The topological polar surface area (TPSA) is 85.8 Å². The summed E-state index contributed by atoms with van der Waals surface area (Å²) in [7, 11) is 0. The fourth-order valence-corrected chi connectivity index (χ4v) is 2.54. The molecule has 0 saturated heterocycles. The van der Waals surface area contributed by atoms with Crippen molar-refractivity contribution in [2.75, 3.05) is 5.32 Å². The van der Waals surface area contributed by atoms with E-state index in [4.69, 9.17) is 4.42 Å². The SMILES string of the molecule is O=C(Nc1cccc(-c2nnc(Cn3ccnc3)o2)c1)c1ccccc1F. The van der Waals surface area contributed by atoms with Gasteiger partial charge in [-0.3, -0.25) is 4.79 Å². The van der Waals surface area contributed by atoms with Gasteiger partial charge in [0.15, 0.2) is 0 Å². The predicted octanol–water partition coefficient (Wildman–Crippen LogP) is 3.37. The van der Waals surface area contributed by atoms with Gasteiger partial charge in [0.2, 0.25) is 11.8 Å². The molecule has 4 aromatic rings. The fraction of sp³-hybridized carbons (Fsp3) is 0.0526. The van der Waals surface area contributed by atoms with Gasteiger partial charge in [0.1, 0.15) is 12.4 Å². The van der Waals surface area contributed by atoms with E-state index in [1.54, 1.807) is 49.1 Å². The number of carbonyl (C=O) groups is 1. The second-order valence-electron chi connectivity index (χ2n) is 5.75. The van der Waals surface area contributed by atoms with Crippen molar-refractivity contribution in [2.24, 2.45) is 0 Å². The lowest BCUT2D eigenvalue weighted by Gasteiger charge is -2.07. The smallest absolute Gasteiger partial charge is 0.258 e. The van der Waals surface area contributed by atoms with Crippen LogP contribution in [-0.2, 0) is 6.54 Å². The number of hydrogen-bond donors (Lipinski definition) is 1. The van der Waals surface area contributed by atoms with Crippen LogP contribution in [0.5, 0.6) is 0 Å². The van der Waals surface area contributed by atoms with Crippen LogP contribution in [0.15, 0.2) is 71.7 Å². The first-order valence-corrected chi connectivity index (χ1v) is 8.13. The highest BCUT2D eigenvalue weighted by Crippen LogP contribution is 2.22. The van der Waals surface area contributed by atoms with Crippen LogP contribution < -0.4 is 5.32 Å². The molecular weight excluding hydrogens is 349 g/mol. The number of aromatic nitrogens is 4. The first-order chi connectivity index (χ1) is 13.2. The van der Waals surface area contributed by atoms with E-state index in [-0.39, 0.29) is 5.56 Å². The van der Waals surface area contributed by atoms with Gasteiger partial charge in [0.25, 0.3) is 5.91 Å². The molecular formula is C19H14FN5O2. The molecule has 0 unspecified atom stereocenters. The van der Waals surface area contributed by atoms with Crippen LogP contribution in [0.2, 0.25) is 0 Å². The van der Waals surface area contributed by atoms with Crippen molar-refractivity contribution < 1.29 is 13.6 Å². The van der Waals surface area contributed by atoms with Crippen molar-refractivity contribution in [3.8, 4) is 11.5 Å². The molecule has 134 valence electrons. The van der Waals surface area contributed by atoms with E-state index in [1.807, 2.05) is 4.57 Å². The average Bonchev–Trinajstić information content (AvgIpc) is 3.35. The van der Waals surface area contributed by atoms with Crippen molar-refractivity contribution in [1.29, 1.82) is 0 Å². The number of nitrogens with zero attached hydrogens (tertiary/aromatic N) is 4. The number of halogens is 1. The Balaban J connectivity index is 1.52. The summed E-state index contributed by atoms with van der Waals surface area (Å²) in [5, 5.41) is 10.7. The molecule has 0 aliphatic rings. The van der Waals surface area contributed by atoms with E-state index in [0.29, 0.717) is 29.6 Å². The quantitative estimate of drug-likeness (QED) is 0.587. The van der Waals surface area contributed by atoms with E-state index in [2.05, 4.69) is 20.5 Å². The Hall–Kier alpha value is -3.81. The van der Waals surface area contributed by atoms with Crippen LogP contribution in [0.4, 0.5) is 10.1 Å². The van der Waals surface area contributed by atoms with Crippen molar-refractivity contribution >= 4 is 11.6 Å². The Morgan fingerprint density at radius 2 is 2.04 bits per heavy atom. The average molecular weight is 363 g/mol. The van der Waals surface area contributed by atoms with Crippen molar-refractivity contribution in [2.45, 2.75) is 6.54 Å². The van der Waals surface area contributed by atoms with Crippen LogP contribution in [0, 0.1) is 5.82 Å². The zero-order valence-corrected chi connectivity index (χ0v) is 14.0. The first kappa shape index (κ1) is 16.6. The highest BCUT2D eigenvalue weighted by Gasteiger charge is 2.13. The molecule has 0 atom stereocenters. The van der Waals surface area contributed by atoms with Crippen molar-refractivity contribution in [1.82, 2.24) is 19.7 Å². The van der Waals surface area contributed by atoms with Gasteiger partial charge in [-0.1, -0.05) is 18.2 Å². The molecule has 4 rings (SSSR count). The molecule has 0 aliphatic heterocycles. The number of amides is 1. The largest absolute Gasteiger partial charge is 0.419 e. The minimum absolute atomic E-state index is 0.0247. The molecule has 2 aromatic carbocycles. The molecule has 0 spiro atoms. The molecule has 1 amide bonds. The molecule has 1 N–H and O–H groups in total. The van der Waals surface area contributed by atoms with Gasteiger partial charge in [-0.15, -0.1) is 10.2 Å². The standard InChI is InChI=1S/C19H14FN5O2/c20-16-7-2-1-6-15(16)18(26)22-14-5-3-4-13(10-14)19-24-23-17(27-19)11-25-9-8-21-12-25/h1-10,12H,11H2,(H,22,26). The number of hydrogen-bond acceptors (Lipinski definition) is 5. The fourth-order valence-electron chi connectivity index (χ4n) is 2.54. The molecule has 7 nitrogen and oxygen atoms in total. The summed E-state index contributed by atoms with van der Waals surface area (Å²) in [4.78, 5) is 16.2. The highest BCUT2D eigenvalue weighted by atomic mass is 19.1. The lowest BCUT2D eigenvalue weighted by Crippen LogP contribution is -2.13. The molecule has 2 heterocycles. The zero-order valence-electron chi connectivity index (χ0n) is 14.0. The van der Waals surface area contributed by atoms with Crippen LogP contribution in [0.1, 0.15) is 16.2 Å². The molecule has 0 radical (unpaired) electrons. The van der Waals surface area contributed by atoms with Crippen LogP contribution in [0.3, 0.4) is 0 Å². The van der Waals surface area contributed by atoms with Gasteiger partial charge >= 0.3 is 0 Å². The monoisotopic (exact) mass is 363 g/mol. The number of imidazole rings is 1. The van der Waals surface area contributed by atoms with E-state index in [0.717, 1.165) is 0 Å². The zero-order chi connectivity index (χ0) is 18.6. The second kappa shape index (κ2) is 7.20. The van der Waals surface area contributed by atoms with E-state index in [1.165, 1.54) is 18.2 Å². The Kier molecular flexibility index (Phi) is 4.44. The van der Waals surface area contributed by atoms with E-state index < -0.39 is 11.7 Å². The molecule has 8 heteroatoms. The lowest BCUT2D eigenvalue weighted by molar-refractivity contribution is 0.102. The summed E-state index contributed by atoms with van der Waals surface area (Å²) in [5.74, 6) is -0.348. The summed E-state index contributed by atoms with van der Waals surface area (Å²) in [6.45, 7) is 0.413. The summed E-state index contributed by atoms with van der Waals surface area (Å²) in [6, 6.07) is 12.7. The van der Waals surface area contributed by atoms with Gasteiger partial charge < -0.3 is 14.3 Å². The maximum Gasteiger partial charge on any atom is 0.258 e. The Bertz CT molecular complexity index is 1080. The van der Waals surface area contributed by atoms with Crippen molar-refractivity contribution in [3.63, 3.8) is 0 Å². The second-order valence-corrected chi connectivity index (χ2v) is 5.75. The maximum atomic E-state index is 13.7. The minimum atomic E-state index is -0.577. The summed E-state index contributed by atoms with van der Waals surface area (Å²) >= 11 is 0. The summed E-state index contributed by atoms with van der Waals surface area (Å²) in [6.07, 6.45) is 5.12. The van der Waals surface area contributed by atoms with Crippen LogP contribution in [-0.4, -0.2) is 25.7 Å². The molecule has 0 fully saturated rings. The normalized spacial score (nSPS) is 10.7. The van der Waals surface area contributed by atoms with Crippen molar-refractivity contribution in [3.05, 3.63) is 84.5 Å². The Morgan fingerprint density at radius 3 is 2.85 bits per heavy atom. The third-order valence-corrected chi connectivity index (χ3v) is 3.83. The predicted molar refractivity (Wildman–Crippen MR) is 95.4 cm³/mol. The number of rotatable bonds is 5. The Morgan fingerprint density at radius 1 is 1.15 bits per heavy atom. The van der Waals surface area contributed by atoms with E-state index >= 15 is 0 Å². The van der Waals surface area contributed by atoms with Crippen LogP contribution in [0.25, 0.3) is 11.5 Å². The van der Waals surface area contributed by atoms with Gasteiger partial charge in [-0.05, 0) is 30.3 Å². The molecule has 0 aliphatic carbocycles. The third kappa shape index (κ3) is 3.74. The number of carbonyl (C=O) groups excluding carboxylic acids is 1. The minimum Gasteiger partial charge on any atom is -0.419 e. The van der Waals surface area contributed by atoms with E-state index in [9.17, 15) is 9.18 Å². The van der Waals surface area contributed by atoms with Gasteiger partial charge in [-0.2, -0.15) is 0 Å². The summed E-state index contributed by atoms with van der Waals surface area (Å²) < 4.78 is 21.2. The Labute approximate surface area is 153 Å². The maximum absolute atomic E-state index is 13.7. The van der Waals surface area contributed by atoms with Gasteiger partial charge in [-0.25, -0.2) is 9.37 Å². The lowest BCUT2D eigenvalue weighted by atomic mass is 10.1. The molecule has 0 saturated carbocycles. The highest BCUT2D eigenvalue weighted by molar-refractivity contribution is 6.04. The van der Waals surface area contributed by atoms with Gasteiger partial charge in [0.05, 0.1) is 11.9 Å². The van der Waals surface area contributed by atoms with Gasteiger partial charge in [0, 0.05) is 23.6 Å². The summed E-state index contributed by atoms with van der Waals surface area (Å²) in [5.41, 5.74) is 1.11. The number of nitrogens with one attached hydrogen (secondary N) is 1. The number of benzene rings is 2. The molecule has 0 bridgehead atoms.